The third-order valence-electron chi connectivity index (χ3n) is 4.88. The van der Waals surface area contributed by atoms with Crippen molar-refractivity contribution in [1.82, 2.24) is 0 Å². The van der Waals surface area contributed by atoms with Crippen molar-refractivity contribution < 1.29 is 112 Å². The van der Waals surface area contributed by atoms with E-state index in [9.17, 15) is 50.4 Å². The molecule has 2 heterocycles. The Morgan fingerprint density at radius 1 is 0.719 bits per heavy atom. The minimum absolute atomic E-state index is 0. The SMILES string of the molecule is O=C([O-])C(O)C1O[B-]2(OC(C(O)C(=O)[O-])C(C(O)C(O)CO)O2)OC1C(O)C(O)CO.[H+].[H+].[Na+]. The van der Waals surface area contributed by atoms with E-state index in [0.717, 1.165) is 0 Å². The molecule has 0 bridgehead atoms. The predicted molar refractivity (Wildman–Crippen MR) is 87.7 cm³/mol. The second-order valence-electron chi connectivity index (χ2n) is 6.99. The molecule has 180 valence electrons. The van der Waals surface area contributed by atoms with Crippen molar-refractivity contribution in [2.75, 3.05) is 13.2 Å². The van der Waals surface area contributed by atoms with Gasteiger partial charge in [0, 0.05) is 0 Å². The topological polar surface area (TPSA) is 279 Å². The number of aliphatic hydroxyl groups excluding tert-OH is 8. The fourth-order valence-corrected chi connectivity index (χ4v) is 3.25. The second-order valence-corrected chi connectivity index (χ2v) is 6.99. The first kappa shape index (κ1) is 29.6. The zero-order chi connectivity index (χ0) is 23.7. The molecule has 2 saturated heterocycles. The van der Waals surface area contributed by atoms with Gasteiger partial charge in [-0.2, -0.15) is 0 Å². The summed E-state index contributed by atoms with van der Waals surface area (Å²) in [4.78, 5) is 22.1. The number of carboxylic acid groups (broad SMARTS) is 2. The van der Waals surface area contributed by atoms with Crippen molar-refractivity contribution in [2.24, 2.45) is 0 Å². The first-order chi connectivity index (χ1) is 14.4. The van der Waals surface area contributed by atoms with E-state index in [4.69, 9.17) is 28.8 Å². The van der Waals surface area contributed by atoms with E-state index in [0.29, 0.717) is 0 Å². The molecule has 0 amide bonds. The molecule has 16 nitrogen and oxygen atoms in total. The summed E-state index contributed by atoms with van der Waals surface area (Å²) in [6, 6.07) is 0. The van der Waals surface area contributed by atoms with Crippen molar-refractivity contribution in [3.63, 3.8) is 0 Å². The van der Waals surface area contributed by atoms with E-state index in [1.165, 1.54) is 0 Å². The van der Waals surface area contributed by atoms with Crippen LogP contribution in [0.1, 0.15) is 2.85 Å². The van der Waals surface area contributed by atoms with Crippen LogP contribution in [0.3, 0.4) is 0 Å². The molecule has 0 aliphatic carbocycles. The third-order valence-corrected chi connectivity index (χ3v) is 4.88. The predicted octanol–water partition coefficient (Wildman–Crippen LogP) is -12.1. The average Bonchev–Trinajstić information content (AvgIpc) is 3.30. The van der Waals surface area contributed by atoms with Crippen LogP contribution in [0.2, 0.25) is 0 Å². The van der Waals surface area contributed by atoms with Crippen LogP contribution in [0.4, 0.5) is 0 Å². The Balaban J connectivity index is 0. The number of aliphatic hydroxyl groups is 8. The van der Waals surface area contributed by atoms with Crippen LogP contribution in [0, 0.1) is 0 Å². The minimum Gasteiger partial charge on any atom is -0.547 e. The number of carbonyl (C=O) groups is 2. The zero-order valence-corrected chi connectivity index (χ0v) is 18.6. The molecule has 32 heavy (non-hydrogen) atoms. The van der Waals surface area contributed by atoms with Gasteiger partial charge in [0.1, 0.15) is 36.6 Å². The molecule has 0 saturated carbocycles. The van der Waals surface area contributed by atoms with E-state index in [1.54, 1.807) is 0 Å². The summed E-state index contributed by atoms with van der Waals surface area (Å²) in [5.74, 6) is -4.23. The summed E-state index contributed by atoms with van der Waals surface area (Å²) >= 11 is 0. The van der Waals surface area contributed by atoms with Gasteiger partial charge in [-0.05, 0) is 0 Å². The molecule has 2 aliphatic rings. The molecule has 2 fully saturated rings. The van der Waals surface area contributed by atoms with Gasteiger partial charge in [0.25, 0.3) is 0 Å². The van der Waals surface area contributed by atoms with Gasteiger partial charge in [0.05, 0.1) is 49.6 Å². The van der Waals surface area contributed by atoms with E-state index in [1.807, 2.05) is 0 Å². The van der Waals surface area contributed by atoms with Gasteiger partial charge in [-0.3, -0.25) is 0 Å². The molecule has 2 rings (SSSR count). The van der Waals surface area contributed by atoms with Gasteiger partial charge in [-0.1, -0.05) is 0 Å². The van der Waals surface area contributed by atoms with Crippen molar-refractivity contribution >= 4 is 18.9 Å². The van der Waals surface area contributed by atoms with Gasteiger partial charge in [0.2, 0.25) is 0 Å². The first-order valence-corrected chi connectivity index (χ1v) is 8.94. The number of rotatable bonds is 10. The second kappa shape index (κ2) is 11.8. The van der Waals surface area contributed by atoms with Gasteiger partial charge >= 0.3 is 39.4 Å². The maximum Gasteiger partial charge on any atom is 1.00 e. The number of hydrogen-bond donors (Lipinski definition) is 8. The van der Waals surface area contributed by atoms with Crippen molar-refractivity contribution in [2.45, 2.75) is 61.0 Å². The van der Waals surface area contributed by atoms with Crippen molar-refractivity contribution in [1.29, 1.82) is 0 Å². The molecular weight excluding hydrogens is 458 g/mol. The van der Waals surface area contributed by atoms with E-state index in [2.05, 4.69) is 0 Å². The quantitative estimate of drug-likeness (QED) is 0.134. The Labute approximate surface area is 204 Å². The average molecular weight is 482 g/mol. The Morgan fingerprint density at radius 2 is 1.00 bits per heavy atom. The maximum atomic E-state index is 11.1. The summed E-state index contributed by atoms with van der Waals surface area (Å²) in [6.07, 6.45) is -21.2. The molecule has 0 aromatic rings. The number of hydrogen-bond acceptors (Lipinski definition) is 16. The van der Waals surface area contributed by atoms with E-state index >= 15 is 0 Å². The molecule has 18 heteroatoms. The zero-order valence-electron chi connectivity index (χ0n) is 18.6. The van der Waals surface area contributed by atoms with Crippen LogP contribution in [0.5, 0.6) is 0 Å². The third kappa shape index (κ3) is 5.95. The molecule has 10 atom stereocenters. The Bertz CT molecular complexity index is 611. The van der Waals surface area contributed by atoms with Crippen LogP contribution in [0.15, 0.2) is 0 Å². The molecular formula is C14H24BNaO16. The van der Waals surface area contributed by atoms with Crippen molar-refractivity contribution in [3.05, 3.63) is 0 Å². The van der Waals surface area contributed by atoms with Gasteiger partial charge in [0.15, 0.2) is 0 Å². The molecule has 10 unspecified atom stereocenters. The molecule has 0 aromatic carbocycles. The summed E-state index contributed by atoms with van der Waals surface area (Å²) in [5, 5.41) is 99.2. The van der Waals surface area contributed by atoms with Crippen LogP contribution < -0.4 is 39.8 Å². The standard InChI is InChI=1S/C14H24BO16.Na/c16-1-3(18)5(20)9-11(7(22)13(24)25)30-15(28-9)29-10(6(21)4(19)2-17)12(31-15)8(23)14(26)27;/h3-12,16-23H,1-2H2,(H,24,25)(H,26,27);/q-1;+1. The number of carboxylic acids is 2. The number of aliphatic carboxylic acids is 2. The largest absolute Gasteiger partial charge is 1.00 e. The molecule has 1 spiro atoms. The van der Waals surface area contributed by atoms with Gasteiger partial charge in [-0.15, -0.1) is 0 Å². The molecule has 0 aromatic heterocycles. The molecule has 2 aliphatic heterocycles. The maximum absolute atomic E-state index is 11.1. The molecule has 8 N–H and O–H groups in total. The normalized spacial score (nSPS) is 35.5. The Kier molecular flexibility index (Phi) is 10.9. The van der Waals surface area contributed by atoms with E-state index in [-0.39, 0.29) is 32.4 Å². The Morgan fingerprint density at radius 3 is 1.25 bits per heavy atom. The Hall–Kier alpha value is -0.475. The first-order valence-electron chi connectivity index (χ1n) is 8.94. The monoisotopic (exact) mass is 482 g/mol. The van der Waals surface area contributed by atoms with Crippen LogP contribution in [-0.4, -0.2) is 134 Å². The summed E-state index contributed by atoms with van der Waals surface area (Å²) in [6.45, 7) is -5.86. The molecule has 0 radical (unpaired) electrons. The van der Waals surface area contributed by atoms with Gasteiger partial charge in [-0.25, -0.2) is 0 Å². The van der Waals surface area contributed by atoms with Crippen LogP contribution in [0.25, 0.3) is 0 Å². The fourth-order valence-electron chi connectivity index (χ4n) is 3.25. The number of carbonyl (C=O) groups excluding carboxylic acids is 2. The van der Waals surface area contributed by atoms with Crippen LogP contribution in [-0.2, 0) is 28.2 Å². The van der Waals surface area contributed by atoms with Crippen LogP contribution >= 0.6 is 0 Å². The summed E-state index contributed by atoms with van der Waals surface area (Å²) in [7, 11) is 0. The fraction of sp³-hybridized carbons (Fsp3) is 0.857. The van der Waals surface area contributed by atoms with Crippen molar-refractivity contribution in [3.8, 4) is 0 Å². The van der Waals surface area contributed by atoms with E-state index < -0.39 is 93.1 Å². The summed E-state index contributed by atoms with van der Waals surface area (Å²) in [5.41, 5.74) is 0. The summed E-state index contributed by atoms with van der Waals surface area (Å²) < 4.78 is 20.6. The minimum atomic E-state index is -3.79. The smallest absolute Gasteiger partial charge is 0.547 e. The van der Waals surface area contributed by atoms with Gasteiger partial charge < -0.3 is 79.3 Å².